The van der Waals surface area contributed by atoms with Gasteiger partial charge in [-0.1, -0.05) is 17.7 Å². The topological polar surface area (TPSA) is 116 Å². The van der Waals surface area contributed by atoms with Crippen molar-refractivity contribution in [2.45, 2.75) is 32.2 Å². The number of nitrogens with zero attached hydrogens (tertiary/aromatic N) is 2. The predicted molar refractivity (Wildman–Crippen MR) is 140 cm³/mol. The molecule has 0 unspecified atom stereocenters. The largest absolute Gasteiger partial charge is 0.416 e. The molecule has 0 radical (unpaired) electrons. The average molecular weight is 564 g/mol. The lowest BCUT2D eigenvalue weighted by molar-refractivity contribution is -0.137. The standard InChI is InChI=1S/C25H21ClF3N5O3S/c1-24(2,37)23(36)31-12-13-3-8-17(26)16(11-13)22(35)33-18-9-10-30-19-20(18)38-34-21(19)32-15-6-4-14(5-7-15)25(27,28)29/h3-11,37H,12H2,1-2H3,(H,31,36)(H,32,34)(H,30,33,35). The minimum absolute atomic E-state index is 0.0770. The van der Waals surface area contributed by atoms with E-state index in [0.29, 0.717) is 33.0 Å². The highest BCUT2D eigenvalue weighted by Gasteiger charge is 2.30. The number of hydrogen-bond donors (Lipinski definition) is 4. The van der Waals surface area contributed by atoms with Crippen LogP contribution in [-0.4, -0.2) is 31.9 Å². The quantitative estimate of drug-likeness (QED) is 0.228. The van der Waals surface area contributed by atoms with E-state index < -0.39 is 29.2 Å². The van der Waals surface area contributed by atoms with Crippen LogP contribution in [0.5, 0.6) is 0 Å². The molecule has 38 heavy (non-hydrogen) atoms. The molecule has 0 atom stereocenters. The van der Waals surface area contributed by atoms with Crippen LogP contribution in [0.1, 0.15) is 35.3 Å². The number of anilines is 3. The molecule has 0 aliphatic carbocycles. The molecule has 4 N–H and O–H groups in total. The number of rotatable bonds is 7. The number of fused-ring (bicyclic) bond motifs is 1. The minimum atomic E-state index is -4.44. The van der Waals surface area contributed by atoms with E-state index in [4.69, 9.17) is 11.6 Å². The molecule has 0 saturated carbocycles. The Morgan fingerprint density at radius 3 is 2.45 bits per heavy atom. The van der Waals surface area contributed by atoms with E-state index in [1.165, 1.54) is 44.3 Å². The van der Waals surface area contributed by atoms with Crippen molar-refractivity contribution in [3.63, 3.8) is 0 Å². The van der Waals surface area contributed by atoms with E-state index in [2.05, 4.69) is 25.3 Å². The van der Waals surface area contributed by atoms with Crippen molar-refractivity contribution in [3.05, 3.63) is 76.4 Å². The van der Waals surface area contributed by atoms with E-state index in [1.807, 2.05) is 0 Å². The number of nitrogens with one attached hydrogen (secondary N) is 3. The summed E-state index contributed by atoms with van der Waals surface area (Å²) in [6.07, 6.45) is -2.97. The number of aliphatic hydroxyl groups is 1. The van der Waals surface area contributed by atoms with Crippen LogP contribution in [0, 0.1) is 0 Å². The fourth-order valence-corrected chi connectivity index (χ4v) is 4.32. The third-order valence-electron chi connectivity index (χ3n) is 5.36. The summed E-state index contributed by atoms with van der Waals surface area (Å²) >= 11 is 7.31. The van der Waals surface area contributed by atoms with E-state index in [-0.39, 0.29) is 17.1 Å². The second kappa shape index (κ2) is 10.6. The van der Waals surface area contributed by atoms with E-state index in [9.17, 15) is 27.9 Å². The number of alkyl halides is 3. The van der Waals surface area contributed by atoms with Gasteiger partial charge in [-0.2, -0.15) is 17.5 Å². The molecule has 4 rings (SSSR count). The van der Waals surface area contributed by atoms with Crippen LogP contribution < -0.4 is 16.0 Å². The summed E-state index contributed by atoms with van der Waals surface area (Å²) in [6, 6.07) is 10.8. The Bertz CT molecular complexity index is 1500. The van der Waals surface area contributed by atoms with Gasteiger partial charge in [0.2, 0.25) is 0 Å². The fraction of sp³-hybridized carbons (Fsp3) is 0.200. The molecule has 4 aromatic rings. The van der Waals surface area contributed by atoms with Crippen LogP contribution in [0.2, 0.25) is 5.02 Å². The lowest BCUT2D eigenvalue weighted by Crippen LogP contribution is -2.41. The minimum Gasteiger partial charge on any atom is -0.381 e. The van der Waals surface area contributed by atoms with Crippen LogP contribution in [0.3, 0.4) is 0 Å². The molecule has 0 spiro atoms. The molecule has 0 aliphatic rings. The van der Waals surface area contributed by atoms with Gasteiger partial charge >= 0.3 is 6.18 Å². The maximum absolute atomic E-state index is 13.1. The third kappa shape index (κ3) is 6.21. The average Bonchev–Trinajstić information content (AvgIpc) is 3.26. The first-order valence-electron chi connectivity index (χ1n) is 11.1. The van der Waals surface area contributed by atoms with Crippen LogP contribution in [0.25, 0.3) is 10.2 Å². The molecule has 2 aromatic carbocycles. The lowest BCUT2D eigenvalue weighted by atomic mass is 10.1. The van der Waals surface area contributed by atoms with Crippen molar-refractivity contribution >= 4 is 62.4 Å². The predicted octanol–water partition coefficient (Wildman–Crippen LogP) is 5.75. The summed E-state index contributed by atoms with van der Waals surface area (Å²) < 4.78 is 43.3. The molecule has 0 saturated heterocycles. The van der Waals surface area contributed by atoms with Crippen molar-refractivity contribution in [2.24, 2.45) is 0 Å². The fourth-order valence-electron chi connectivity index (χ4n) is 3.35. The Kier molecular flexibility index (Phi) is 7.58. The first-order valence-corrected chi connectivity index (χ1v) is 12.3. The highest BCUT2D eigenvalue weighted by Crippen LogP contribution is 2.34. The van der Waals surface area contributed by atoms with Crippen molar-refractivity contribution in [2.75, 3.05) is 10.6 Å². The number of pyridine rings is 1. The van der Waals surface area contributed by atoms with Gasteiger partial charge in [0.1, 0.15) is 11.1 Å². The van der Waals surface area contributed by atoms with Crippen molar-refractivity contribution in [1.82, 2.24) is 14.7 Å². The highest BCUT2D eigenvalue weighted by molar-refractivity contribution is 7.14. The number of carbonyl (C=O) groups excluding carboxylic acids is 2. The van der Waals surface area contributed by atoms with Gasteiger partial charge in [0.15, 0.2) is 5.82 Å². The SMILES string of the molecule is CC(C)(O)C(=O)NCc1ccc(Cl)c(C(=O)Nc2ccnc3c(Nc4ccc(C(F)(F)F)cc4)nsc23)c1. The number of halogens is 4. The van der Waals surface area contributed by atoms with Crippen molar-refractivity contribution < 1.29 is 27.9 Å². The van der Waals surface area contributed by atoms with Crippen molar-refractivity contribution in [3.8, 4) is 0 Å². The number of aromatic nitrogens is 2. The lowest BCUT2D eigenvalue weighted by Gasteiger charge is -2.17. The van der Waals surface area contributed by atoms with Gasteiger partial charge < -0.3 is 21.1 Å². The van der Waals surface area contributed by atoms with Gasteiger partial charge in [-0.3, -0.25) is 14.6 Å². The number of carbonyl (C=O) groups is 2. The molecule has 2 amide bonds. The van der Waals surface area contributed by atoms with Gasteiger partial charge in [0, 0.05) is 18.4 Å². The summed E-state index contributed by atoms with van der Waals surface area (Å²) in [7, 11) is 0. The van der Waals surface area contributed by atoms with E-state index >= 15 is 0 Å². The summed E-state index contributed by atoms with van der Waals surface area (Å²) in [6.45, 7) is 2.80. The monoisotopic (exact) mass is 563 g/mol. The zero-order valence-electron chi connectivity index (χ0n) is 20.0. The third-order valence-corrected chi connectivity index (χ3v) is 6.56. The molecule has 0 bridgehead atoms. The maximum Gasteiger partial charge on any atom is 0.416 e. The van der Waals surface area contributed by atoms with E-state index in [1.54, 1.807) is 12.1 Å². The molecule has 13 heteroatoms. The normalized spacial score (nSPS) is 11.9. The van der Waals surface area contributed by atoms with Gasteiger partial charge in [-0.25, -0.2) is 0 Å². The van der Waals surface area contributed by atoms with Crippen LogP contribution in [0.4, 0.5) is 30.4 Å². The Morgan fingerprint density at radius 1 is 1.08 bits per heavy atom. The molecule has 0 aliphatic heterocycles. The molecular formula is C25H21ClF3N5O3S. The summed E-state index contributed by atoms with van der Waals surface area (Å²) in [5.41, 5.74) is -0.332. The van der Waals surface area contributed by atoms with Crippen LogP contribution >= 0.6 is 23.1 Å². The Morgan fingerprint density at radius 2 is 1.79 bits per heavy atom. The smallest absolute Gasteiger partial charge is 0.381 e. The molecule has 2 aromatic heterocycles. The zero-order chi connectivity index (χ0) is 27.7. The Balaban J connectivity index is 1.52. The number of hydrogen-bond acceptors (Lipinski definition) is 7. The zero-order valence-corrected chi connectivity index (χ0v) is 21.6. The highest BCUT2D eigenvalue weighted by atomic mass is 35.5. The molecule has 0 fully saturated rings. The second-order valence-electron chi connectivity index (χ2n) is 8.78. The summed E-state index contributed by atoms with van der Waals surface area (Å²) in [5.74, 6) is -0.754. The Labute approximate surface area is 224 Å². The molecule has 2 heterocycles. The van der Waals surface area contributed by atoms with Crippen LogP contribution in [-0.2, 0) is 17.5 Å². The van der Waals surface area contributed by atoms with Crippen molar-refractivity contribution in [1.29, 1.82) is 0 Å². The number of amides is 2. The van der Waals surface area contributed by atoms with Crippen LogP contribution in [0.15, 0.2) is 54.7 Å². The van der Waals surface area contributed by atoms with Gasteiger partial charge in [-0.05, 0) is 73.4 Å². The molecule has 198 valence electrons. The first-order chi connectivity index (χ1) is 17.8. The molecule has 8 nitrogen and oxygen atoms in total. The number of benzene rings is 2. The Hall–Kier alpha value is -3.74. The summed E-state index contributed by atoms with van der Waals surface area (Å²) in [4.78, 5) is 29.3. The second-order valence-corrected chi connectivity index (χ2v) is 9.96. The van der Waals surface area contributed by atoms with Gasteiger partial charge in [0.25, 0.3) is 11.8 Å². The van der Waals surface area contributed by atoms with E-state index in [0.717, 1.165) is 23.7 Å². The maximum atomic E-state index is 13.1. The van der Waals surface area contributed by atoms with Gasteiger partial charge in [-0.15, -0.1) is 0 Å². The first kappa shape index (κ1) is 27.3. The van der Waals surface area contributed by atoms with Gasteiger partial charge in [0.05, 0.1) is 26.5 Å². The summed E-state index contributed by atoms with van der Waals surface area (Å²) in [5, 5.41) is 18.3. The molecular weight excluding hydrogens is 543 g/mol.